The molecule has 0 radical (unpaired) electrons. The third-order valence-corrected chi connectivity index (χ3v) is 4.81. The average molecular weight is 419 g/mol. The van der Waals surface area contributed by atoms with Crippen LogP contribution in [0, 0.1) is 6.92 Å². The molecule has 0 atom stereocenters. The highest BCUT2D eigenvalue weighted by molar-refractivity contribution is 9.10. The molecule has 0 spiro atoms. The number of rotatable bonds is 4. The molecule has 21 heavy (non-hydrogen) atoms. The maximum atomic E-state index is 12.6. The van der Waals surface area contributed by atoms with Gasteiger partial charge in [-0.1, -0.05) is 0 Å². The summed E-state index contributed by atoms with van der Waals surface area (Å²) in [4.78, 5) is 14.2. The summed E-state index contributed by atoms with van der Waals surface area (Å²) in [5.74, 6) is -0.0945. The van der Waals surface area contributed by atoms with Crippen LogP contribution in [0.5, 0.6) is 0 Å². The van der Waals surface area contributed by atoms with E-state index in [9.17, 15) is 4.79 Å². The third kappa shape index (κ3) is 3.21. The van der Waals surface area contributed by atoms with Gasteiger partial charge in [0.25, 0.3) is 5.91 Å². The number of carbonyl (C=O) groups excluding carboxylic acids is 1. The maximum absolute atomic E-state index is 12.6. The Hall–Kier alpha value is -1.15. The minimum atomic E-state index is -0.0945. The van der Waals surface area contributed by atoms with E-state index in [0.717, 1.165) is 26.9 Å². The van der Waals surface area contributed by atoms with E-state index in [1.807, 2.05) is 24.7 Å². The fraction of sp³-hybridized carbons (Fsp3) is 0.462. The first-order valence-electron chi connectivity index (χ1n) is 6.51. The van der Waals surface area contributed by atoms with Gasteiger partial charge in [0, 0.05) is 26.8 Å². The monoisotopic (exact) mass is 417 g/mol. The molecule has 0 bridgehead atoms. The van der Waals surface area contributed by atoms with E-state index in [1.54, 1.807) is 23.7 Å². The van der Waals surface area contributed by atoms with E-state index < -0.39 is 0 Å². The van der Waals surface area contributed by atoms with Crippen molar-refractivity contribution in [1.29, 1.82) is 0 Å². The van der Waals surface area contributed by atoms with Crippen LogP contribution in [0.2, 0.25) is 0 Å². The second-order valence-electron chi connectivity index (χ2n) is 4.81. The van der Waals surface area contributed by atoms with Crippen molar-refractivity contribution in [2.75, 3.05) is 7.05 Å². The Balaban J connectivity index is 2.21. The molecule has 0 aliphatic heterocycles. The van der Waals surface area contributed by atoms with E-state index in [4.69, 9.17) is 0 Å². The van der Waals surface area contributed by atoms with Gasteiger partial charge < -0.3 is 4.90 Å². The number of aromatic nitrogens is 4. The predicted octanol–water partition coefficient (Wildman–Crippen LogP) is 2.74. The molecule has 0 unspecified atom stereocenters. The molecular weight excluding hydrogens is 402 g/mol. The van der Waals surface area contributed by atoms with Crippen LogP contribution in [0.4, 0.5) is 0 Å². The zero-order chi connectivity index (χ0) is 15.7. The first kappa shape index (κ1) is 16.2. The van der Waals surface area contributed by atoms with Crippen molar-refractivity contribution in [3.63, 3.8) is 0 Å². The van der Waals surface area contributed by atoms with Gasteiger partial charge in [-0.05, 0) is 45.7 Å². The fourth-order valence-corrected chi connectivity index (χ4v) is 2.99. The Bertz CT molecular complexity index is 676. The molecule has 2 heterocycles. The molecule has 0 aliphatic carbocycles. The van der Waals surface area contributed by atoms with E-state index in [1.165, 1.54) is 0 Å². The van der Waals surface area contributed by atoms with Gasteiger partial charge in [0.2, 0.25) is 0 Å². The first-order valence-corrected chi connectivity index (χ1v) is 8.10. The summed E-state index contributed by atoms with van der Waals surface area (Å²) >= 11 is 6.90. The molecule has 6 nitrogen and oxygen atoms in total. The lowest BCUT2D eigenvalue weighted by molar-refractivity contribution is 0.0771. The Kier molecular flexibility index (Phi) is 4.88. The maximum Gasteiger partial charge on any atom is 0.273 e. The van der Waals surface area contributed by atoms with Gasteiger partial charge in [0.1, 0.15) is 5.69 Å². The van der Waals surface area contributed by atoms with Gasteiger partial charge in [-0.25, -0.2) is 0 Å². The fourth-order valence-electron chi connectivity index (χ4n) is 2.05. The van der Waals surface area contributed by atoms with Crippen LogP contribution < -0.4 is 0 Å². The van der Waals surface area contributed by atoms with E-state index in [-0.39, 0.29) is 5.91 Å². The number of aryl methyl sites for hydroxylation is 3. The Labute approximate surface area is 140 Å². The van der Waals surface area contributed by atoms with Crippen molar-refractivity contribution >= 4 is 37.8 Å². The summed E-state index contributed by atoms with van der Waals surface area (Å²) in [6, 6.07) is 0. The van der Waals surface area contributed by atoms with Crippen molar-refractivity contribution in [3.05, 3.63) is 32.2 Å². The van der Waals surface area contributed by atoms with Crippen molar-refractivity contribution in [2.24, 2.45) is 7.05 Å². The minimum absolute atomic E-state index is 0.0945. The summed E-state index contributed by atoms with van der Waals surface area (Å²) in [6.45, 7) is 5.11. The van der Waals surface area contributed by atoms with Gasteiger partial charge in [-0.2, -0.15) is 10.2 Å². The highest BCUT2D eigenvalue weighted by Gasteiger charge is 2.22. The molecule has 0 N–H and O–H groups in total. The predicted molar refractivity (Wildman–Crippen MR) is 87.0 cm³/mol. The molecule has 0 saturated heterocycles. The smallest absolute Gasteiger partial charge is 0.273 e. The molecule has 0 aliphatic rings. The van der Waals surface area contributed by atoms with E-state index in [0.29, 0.717) is 12.2 Å². The van der Waals surface area contributed by atoms with Gasteiger partial charge in [-0.3, -0.25) is 14.2 Å². The van der Waals surface area contributed by atoms with Gasteiger partial charge in [-0.15, -0.1) is 0 Å². The second kappa shape index (κ2) is 6.31. The lowest BCUT2D eigenvalue weighted by atomic mass is 10.3. The number of hydrogen-bond donors (Lipinski definition) is 0. The molecule has 0 saturated carbocycles. The standard InChI is InChI=1S/C13H17Br2N5O/c1-5-20-6-9(14)10(17-20)7-18(3)13(21)12-11(15)8(2)16-19(12)4/h6H,5,7H2,1-4H3. The normalized spacial score (nSPS) is 11.0. The van der Waals surface area contributed by atoms with E-state index in [2.05, 4.69) is 42.1 Å². The topological polar surface area (TPSA) is 56.0 Å². The molecule has 2 aromatic rings. The van der Waals surface area contributed by atoms with Gasteiger partial charge in [0.15, 0.2) is 0 Å². The average Bonchev–Trinajstić information content (AvgIpc) is 2.90. The van der Waals surface area contributed by atoms with E-state index >= 15 is 0 Å². The highest BCUT2D eigenvalue weighted by Crippen LogP contribution is 2.23. The van der Waals surface area contributed by atoms with Crippen LogP contribution in [0.1, 0.15) is 28.8 Å². The van der Waals surface area contributed by atoms with Crippen LogP contribution in [0.15, 0.2) is 15.1 Å². The molecule has 8 heteroatoms. The molecule has 2 aromatic heterocycles. The number of hydrogen-bond acceptors (Lipinski definition) is 3. The molecular formula is C13H17Br2N5O. The van der Waals surface area contributed by atoms with Crippen LogP contribution in [-0.2, 0) is 20.1 Å². The zero-order valence-electron chi connectivity index (χ0n) is 12.4. The molecule has 2 rings (SSSR count). The molecule has 0 aromatic carbocycles. The largest absolute Gasteiger partial charge is 0.334 e. The molecule has 0 fully saturated rings. The lowest BCUT2D eigenvalue weighted by Gasteiger charge is -2.16. The van der Waals surface area contributed by atoms with Crippen LogP contribution in [0.25, 0.3) is 0 Å². The highest BCUT2D eigenvalue weighted by atomic mass is 79.9. The van der Waals surface area contributed by atoms with Crippen LogP contribution in [-0.4, -0.2) is 37.4 Å². The van der Waals surface area contributed by atoms with Gasteiger partial charge in [0.05, 0.1) is 26.9 Å². The summed E-state index contributed by atoms with van der Waals surface area (Å²) in [5.41, 5.74) is 2.18. The number of halogens is 2. The van der Waals surface area contributed by atoms with Crippen molar-refractivity contribution in [3.8, 4) is 0 Å². The summed E-state index contributed by atoms with van der Waals surface area (Å²) in [6.07, 6.45) is 1.91. The molecule has 1 amide bonds. The Morgan fingerprint density at radius 1 is 1.38 bits per heavy atom. The van der Waals surface area contributed by atoms with Crippen LogP contribution in [0.3, 0.4) is 0 Å². The van der Waals surface area contributed by atoms with Crippen molar-refractivity contribution in [2.45, 2.75) is 26.9 Å². The van der Waals surface area contributed by atoms with Crippen molar-refractivity contribution in [1.82, 2.24) is 24.5 Å². The number of carbonyl (C=O) groups is 1. The Morgan fingerprint density at radius 3 is 2.52 bits per heavy atom. The lowest BCUT2D eigenvalue weighted by Crippen LogP contribution is -2.28. The zero-order valence-corrected chi connectivity index (χ0v) is 15.6. The summed E-state index contributed by atoms with van der Waals surface area (Å²) < 4.78 is 5.07. The number of amides is 1. The first-order chi connectivity index (χ1) is 9.85. The van der Waals surface area contributed by atoms with Crippen molar-refractivity contribution < 1.29 is 4.79 Å². The van der Waals surface area contributed by atoms with Gasteiger partial charge >= 0.3 is 0 Å². The number of nitrogens with zero attached hydrogens (tertiary/aromatic N) is 5. The SMILES string of the molecule is CCn1cc(Br)c(CN(C)C(=O)c2c(Br)c(C)nn2C)n1. The minimum Gasteiger partial charge on any atom is -0.334 e. The Morgan fingerprint density at radius 2 is 2.05 bits per heavy atom. The third-order valence-electron chi connectivity index (χ3n) is 3.20. The summed E-state index contributed by atoms with van der Waals surface area (Å²) in [7, 11) is 3.52. The quantitative estimate of drug-likeness (QED) is 0.766. The second-order valence-corrected chi connectivity index (χ2v) is 6.46. The van der Waals surface area contributed by atoms with Crippen LogP contribution >= 0.6 is 31.9 Å². The molecule has 114 valence electrons. The summed E-state index contributed by atoms with van der Waals surface area (Å²) in [5, 5.41) is 8.69.